The van der Waals surface area contributed by atoms with Crippen LogP contribution < -0.4 is 5.32 Å². The highest BCUT2D eigenvalue weighted by atomic mass is 32.2. The van der Waals surface area contributed by atoms with Crippen molar-refractivity contribution in [2.45, 2.75) is 43.1 Å². The Morgan fingerprint density at radius 2 is 1.91 bits per heavy atom. The Morgan fingerprint density at radius 1 is 1.21 bits per heavy atom. The molecule has 4 heterocycles. The first-order valence-electron chi connectivity index (χ1n) is 10.3. The zero-order chi connectivity index (χ0) is 24.7. The lowest BCUT2D eigenvalue weighted by Crippen LogP contribution is -2.42. The average molecular weight is 518 g/mol. The van der Waals surface area contributed by atoms with Gasteiger partial charge in [0.15, 0.2) is 5.03 Å². The van der Waals surface area contributed by atoms with Crippen molar-refractivity contribution in [3.8, 4) is 10.6 Å². The molecule has 1 aliphatic rings. The number of nitrogens with one attached hydrogen (secondary N) is 1. The molecule has 3 aromatic rings. The second kappa shape index (κ2) is 9.20. The molecule has 0 spiro atoms. The van der Waals surface area contributed by atoms with Gasteiger partial charge in [-0.3, -0.25) is 0 Å². The summed E-state index contributed by atoms with van der Waals surface area (Å²) < 4.78 is 69.0. The topological polar surface area (TPSA) is 126 Å². The second-order valence-electron chi connectivity index (χ2n) is 7.89. The largest absolute Gasteiger partial charge is 0.420 e. The van der Waals surface area contributed by atoms with Crippen LogP contribution in [0.5, 0.6) is 0 Å². The smallest absolute Gasteiger partial charge is 0.386 e. The van der Waals surface area contributed by atoms with Crippen LogP contribution in [0.15, 0.2) is 29.9 Å². The molecule has 1 aliphatic heterocycles. The van der Waals surface area contributed by atoms with E-state index in [-0.39, 0.29) is 45.7 Å². The molecule has 15 heteroatoms. The van der Waals surface area contributed by atoms with Gasteiger partial charge in [0.05, 0.1) is 16.9 Å². The molecule has 2 N–H and O–H groups in total. The van der Waals surface area contributed by atoms with Crippen molar-refractivity contribution in [3.05, 3.63) is 35.5 Å². The maximum atomic E-state index is 13.6. The van der Waals surface area contributed by atoms with Crippen LogP contribution in [0.3, 0.4) is 0 Å². The van der Waals surface area contributed by atoms with Gasteiger partial charge in [0, 0.05) is 44.8 Å². The fraction of sp³-hybridized carbons (Fsp3) is 0.474. The van der Waals surface area contributed by atoms with Crippen LogP contribution >= 0.6 is 11.3 Å². The molecule has 10 nitrogen and oxygen atoms in total. The van der Waals surface area contributed by atoms with Gasteiger partial charge in [-0.15, -0.1) is 11.3 Å². The van der Waals surface area contributed by atoms with Crippen LogP contribution in [0.25, 0.3) is 10.6 Å². The zero-order valence-electron chi connectivity index (χ0n) is 18.2. The zero-order valence-corrected chi connectivity index (χ0v) is 19.8. The van der Waals surface area contributed by atoms with Gasteiger partial charge in [-0.1, -0.05) is 0 Å². The van der Waals surface area contributed by atoms with E-state index in [2.05, 4.69) is 25.3 Å². The van der Waals surface area contributed by atoms with Crippen LogP contribution in [-0.2, 0) is 23.2 Å². The van der Waals surface area contributed by atoms with Crippen molar-refractivity contribution in [2.24, 2.45) is 7.05 Å². The Kier molecular flexibility index (Phi) is 6.63. The van der Waals surface area contributed by atoms with Crippen molar-refractivity contribution >= 4 is 27.3 Å². The van der Waals surface area contributed by atoms with Gasteiger partial charge in [0.1, 0.15) is 16.7 Å². The van der Waals surface area contributed by atoms with Gasteiger partial charge < -0.3 is 15.0 Å². The normalized spacial score (nSPS) is 17.1. The van der Waals surface area contributed by atoms with Crippen molar-refractivity contribution in [1.82, 2.24) is 28.8 Å². The highest BCUT2D eigenvalue weighted by Crippen LogP contribution is 2.38. The van der Waals surface area contributed by atoms with E-state index in [4.69, 9.17) is 0 Å². The number of piperidine rings is 1. The number of thiazole rings is 1. The van der Waals surface area contributed by atoms with Crippen molar-refractivity contribution in [1.29, 1.82) is 0 Å². The average Bonchev–Trinajstić information content (AvgIpc) is 3.43. The number of aliphatic hydroxyl groups is 1. The standard InChI is InChI=1S/C19H22F3N7O3S2/c1-11(30)17-23-8-14(33-17)16-13(19(20,21)22)7-24-18(27-16)26-12-3-5-29(6-4-12)34(31,32)15-9-28(2)10-25-15/h7-12,30H,3-6H2,1-2H3,(H,24,26,27). The molecule has 184 valence electrons. The van der Waals surface area contributed by atoms with Gasteiger partial charge in [-0.25, -0.2) is 28.4 Å². The predicted molar refractivity (Wildman–Crippen MR) is 117 cm³/mol. The molecular weight excluding hydrogens is 495 g/mol. The van der Waals surface area contributed by atoms with E-state index >= 15 is 0 Å². The maximum Gasteiger partial charge on any atom is 0.420 e. The number of nitrogens with zero attached hydrogens (tertiary/aromatic N) is 6. The van der Waals surface area contributed by atoms with Gasteiger partial charge in [-0.05, 0) is 19.8 Å². The number of aliphatic hydroxyl groups excluding tert-OH is 1. The minimum atomic E-state index is -4.67. The number of rotatable bonds is 6. The molecule has 0 radical (unpaired) electrons. The van der Waals surface area contributed by atoms with Gasteiger partial charge in [0.2, 0.25) is 5.95 Å². The molecule has 1 saturated heterocycles. The molecule has 0 aliphatic carbocycles. The Balaban J connectivity index is 1.50. The Hall–Kier alpha value is -2.62. The number of anilines is 1. The summed E-state index contributed by atoms with van der Waals surface area (Å²) in [5.41, 5.74) is -1.33. The van der Waals surface area contributed by atoms with Crippen molar-refractivity contribution in [3.63, 3.8) is 0 Å². The number of aryl methyl sites for hydroxylation is 1. The van der Waals surface area contributed by atoms with Crippen molar-refractivity contribution in [2.75, 3.05) is 18.4 Å². The summed E-state index contributed by atoms with van der Waals surface area (Å²) in [6.07, 6.45) is 0.0425. The minimum Gasteiger partial charge on any atom is -0.386 e. The Bertz CT molecular complexity index is 1270. The SMILES string of the molecule is CC(O)c1ncc(-c2nc(NC3CCN(S(=O)(=O)c4cn(C)cn4)CC3)ncc2C(F)(F)F)s1. The molecule has 0 amide bonds. The number of alkyl halides is 3. The van der Waals surface area contributed by atoms with E-state index in [1.165, 1.54) is 29.9 Å². The molecule has 4 rings (SSSR count). The summed E-state index contributed by atoms with van der Waals surface area (Å²) in [7, 11) is -2.04. The fourth-order valence-electron chi connectivity index (χ4n) is 3.51. The molecule has 1 atom stereocenters. The number of aromatic nitrogens is 5. The Morgan fingerprint density at radius 3 is 2.47 bits per heavy atom. The van der Waals surface area contributed by atoms with Gasteiger partial charge in [-0.2, -0.15) is 17.5 Å². The van der Waals surface area contributed by atoms with Crippen LogP contribution in [0.2, 0.25) is 0 Å². The highest BCUT2D eigenvalue weighted by Gasteiger charge is 2.37. The van der Waals surface area contributed by atoms with E-state index in [0.29, 0.717) is 19.0 Å². The lowest BCUT2D eigenvalue weighted by Gasteiger charge is -2.31. The van der Waals surface area contributed by atoms with Crippen LogP contribution in [0, 0.1) is 0 Å². The second-order valence-corrected chi connectivity index (χ2v) is 10.8. The van der Waals surface area contributed by atoms with E-state index in [9.17, 15) is 26.7 Å². The minimum absolute atomic E-state index is 0.000954. The van der Waals surface area contributed by atoms with E-state index < -0.39 is 27.9 Å². The highest BCUT2D eigenvalue weighted by molar-refractivity contribution is 7.89. The van der Waals surface area contributed by atoms with Gasteiger partial charge in [0.25, 0.3) is 10.0 Å². The summed E-state index contributed by atoms with van der Waals surface area (Å²) in [6, 6.07) is -0.228. The number of hydrogen-bond donors (Lipinski definition) is 2. The lowest BCUT2D eigenvalue weighted by molar-refractivity contribution is -0.137. The third-order valence-corrected chi connectivity index (χ3v) is 8.24. The van der Waals surface area contributed by atoms with Gasteiger partial charge >= 0.3 is 6.18 Å². The molecule has 3 aromatic heterocycles. The summed E-state index contributed by atoms with van der Waals surface area (Å²) in [5, 5.41) is 12.9. The lowest BCUT2D eigenvalue weighted by atomic mass is 10.1. The molecule has 1 unspecified atom stereocenters. The molecule has 0 bridgehead atoms. The Labute approximate surface area is 197 Å². The monoisotopic (exact) mass is 517 g/mol. The van der Waals surface area contributed by atoms with Crippen molar-refractivity contribution < 1.29 is 26.7 Å². The first kappa shape index (κ1) is 24.5. The number of sulfonamides is 1. The number of hydrogen-bond acceptors (Lipinski definition) is 9. The molecule has 34 heavy (non-hydrogen) atoms. The molecule has 0 saturated carbocycles. The van der Waals surface area contributed by atoms with Crippen LogP contribution in [0.1, 0.15) is 36.4 Å². The first-order chi connectivity index (χ1) is 15.9. The summed E-state index contributed by atoms with van der Waals surface area (Å²) in [4.78, 5) is 16.0. The quantitative estimate of drug-likeness (QED) is 0.511. The van der Waals surface area contributed by atoms with Crippen LogP contribution in [-0.4, -0.2) is 61.5 Å². The van der Waals surface area contributed by atoms with E-state index in [1.54, 1.807) is 11.6 Å². The third-order valence-electron chi connectivity index (χ3n) is 5.28. The summed E-state index contributed by atoms with van der Waals surface area (Å²) in [6.45, 7) is 1.91. The molecule has 1 fully saturated rings. The van der Waals surface area contributed by atoms with Crippen LogP contribution in [0.4, 0.5) is 19.1 Å². The number of halogens is 3. The number of imidazole rings is 1. The third kappa shape index (κ3) is 5.06. The molecule has 0 aromatic carbocycles. The molecular formula is C19H22F3N7O3S2. The summed E-state index contributed by atoms with van der Waals surface area (Å²) in [5.74, 6) is 0.000954. The van der Waals surface area contributed by atoms with E-state index in [1.807, 2.05) is 0 Å². The summed E-state index contributed by atoms with van der Waals surface area (Å²) >= 11 is 0.922. The fourth-order valence-corrected chi connectivity index (χ4v) is 5.81. The predicted octanol–water partition coefficient (Wildman–Crippen LogP) is 2.67. The van der Waals surface area contributed by atoms with E-state index in [0.717, 1.165) is 11.3 Å². The maximum absolute atomic E-state index is 13.6. The first-order valence-corrected chi connectivity index (χ1v) is 12.5.